The lowest BCUT2D eigenvalue weighted by molar-refractivity contribution is -0.0858. The van der Waals surface area contributed by atoms with Crippen LogP contribution in [0.1, 0.15) is 24.2 Å². The van der Waals surface area contributed by atoms with Crippen LogP contribution in [0.4, 0.5) is 0 Å². The van der Waals surface area contributed by atoms with Crippen LogP contribution in [0.15, 0.2) is 24.3 Å². The summed E-state index contributed by atoms with van der Waals surface area (Å²) in [6.45, 7) is 5.32. The van der Waals surface area contributed by atoms with E-state index in [1.54, 1.807) is 29.2 Å². The molecule has 2 rings (SSSR count). The highest BCUT2D eigenvalue weighted by atomic mass is 16.5. The second-order valence-corrected chi connectivity index (χ2v) is 4.92. The summed E-state index contributed by atoms with van der Waals surface area (Å²) >= 11 is 0. The maximum absolute atomic E-state index is 12.4. The molecule has 1 saturated heterocycles. The van der Waals surface area contributed by atoms with Crippen LogP contribution in [0.3, 0.4) is 0 Å². The summed E-state index contributed by atoms with van der Waals surface area (Å²) in [5, 5.41) is 9.19. The van der Waals surface area contributed by atoms with Gasteiger partial charge in [-0.1, -0.05) is 0 Å². The number of carbonyl (C=O) groups is 1. The molecule has 0 spiro atoms. The van der Waals surface area contributed by atoms with Gasteiger partial charge in [0, 0.05) is 18.7 Å². The Labute approximate surface area is 119 Å². The summed E-state index contributed by atoms with van der Waals surface area (Å²) in [6, 6.07) is 7.12. The maximum atomic E-state index is 12.4. The van der Waals surface area contributed by atoms with Gasteiger partial charge in [0.2, 0.25) is 0 Å². The molecule has 0 saturated carbocycles. The van der Waals surface area contributed by atoms with E-state index in [4.69, 9.17) is 9.47 Å². The van der Waals surface area contributed by atoms with Gasteiger partial charge in [-0.05, 0) is 38.1 Å². The highest BCUT2D eigenvalue weighted by Gasteiger charge is 2.28. The monoisotopic (exact) mass is 279 g/mol. The zero-order chi connectivity index (χ0) is 14.5. The first-order valence-corrected chi connectivity index (χ1v) is 6.92. The Morgan fingerprint density at radius 2 is 2.10 bits per heavy atom. The average Bonchev–Trinajstić information content (AvgIpc) is 2.47. The molecule has 1 N–H and O–H groups in total. The molecule has 1 aromatic carbocycles. The fraction of sp³-hybridized carbons (Fsp3) is 0.533. The van der Waals surface area contributed by atoms with E-state index in [2.05, 4.69) is 0 Å². The molecule has 110 valence electrons. The van der Waals surface area contributed by atoms with Crippen molar-refractivity contribution in [1.29, 1.82) is 0 Å². The minimum absolute atomic E-state index is 0.0401. The zero-order valence-corrected chi connectivity index (χ0v) is 11.9. The van der Waals surface area contributed by atoms with Crippen LogP contribution in [-0.4, -0.2) is 54.4 Å². The minimum atomic E-state index is -0.301. The molecular formula is C15H21NO4. The number of carbonyl (C=O) groups excluding carboxylic acids is 1. The van der Waals surface area contributed by atoms with E-state index >= 15 is 0 Å². The lowest BCUT2D eigenvalue weighted by Crippen LogP contribution is -2.50. The molecule has 20 heavy (non-hydrogen) atoms. The zero-order valence-electron chi connectivity index (χ0n) is 11.9. The Hall–Kier alpha value is -1.59. The van der Waals surface area contributed by atoms with Crippen molar-refractivity contribution in [2.45, 2.75) is 26.1 Å². The first-order chi connectivity index (χ1) is 9.63. The second-order valence-electron chi connectivity index (χ2n) is 4.92. The Kier molecular flexibility index (Phi) is 4.98. The quantitative estimate of drug-likeness (QED) is 0.902. The van der Waals surface area contributed by atoms with Crippen LogP contribution in [0.5, 0.6) is 5.75 Å². The maximum Gasteiger partial charge on any atom is 0.254 e. The summed E-state index contributed by atoms with van der Waals surface area (Å²) in [6.07, 6.45) is -0.363. The van der Waals surface area contributed by atoms with Gasteiger partial charge in [-0.15, -0.1) is 0 Å². The molecule has 0 unspecified atom stereocenters. The molecule has 5 heteroatoms. The predicted molar refractivity (Wildman–Crippen MR) is 74.9 cm³/mol. The van der Waals surface area contributed by atoms with E-state index in [1.165, 1.54) is 0 Å². The summed E-state index contributed by atoms with van der Waals surface area (Å²) in [4.78, 5) is 14.2. The second kappa shape index (κ2) is 6.72. The molecule has 1 fully saturated rings. The van der Waals surface area contributed by atoms with E-state index in [9.17, 15) is 9.90 Å². The van der Waals surface area contributed by atoms with Gasteiger partial charge in [0.05, 0.1) is 25.4 Å². The summed E-state index contributed by atoms with van der Waals surface area (Å²) in [5.41, 5.74) is 0.624. The number of nitrogens with zero attached hydrogens (tertiary/aromatic N) is 1. The number of morpholine rings is 1. The van der Waals surface area contributed by atoms with Crippen LogP contribution < -0.4 is 4.74 Å². The Morgan fingerprint density at radius 3 is 2.70 bits per heavy atom. The van der Waals surface area contributed by atoms with E-state index in [-0.39, 0.29) is 24.7 Å². The number of hydrogen-bond donors (Lipinski definition) is 1. The van der Waals surface area contributed by atoms with E-state index < -0.39 is 0 Å². The SMILES string of the molecule is CCOc1ccc(C(=O)N2C[C@H](CO)O[C@@H](C)C2)cc1. The van der Waals surface area contributed by atoms with Crippen LogP contribution in [-0.2, 0) is 4.74 Å². The largest absolute Gasteiger partial charge is 0.494 e. The van der Waals surface area contributed by atoms with Crippen LogP contribution in [0.2, 0.25) is 0 Å². The van der Waals surface area contributed by atoms with Gasteiger partial charge >= 0.3 is 0 Å². The average molecular weight is 279 g/mol. The Balaban J connectivity index is 2.06. The smallest absolute Gasteiger partial charge is 0.254 e. The number of ether oxygens (including phenoxy) is 2. The number of rotatable bonds is 4. The molecule has 1 amide bonds. The molecule has 0 aliphatic carbocycles. The van der Waals surface area contributed by atoms with Gasteiger partial charge in [0.25, 0.3) is 5.91 Å². The molecule has 1 aromatic rings. The van der Waals surface area contributed by atoms with Crippen LogP contribution in [0.25, 0.3) is 0 Å². The fourth-order valence-corrected chi connectivity index (χ4v) is 2.35. The van der Waals surface area contributed by atoms with E-state index in [0.717, 1.165) is 5.75 Å². The lowest BCUT2D eigenvalue weighted by atomic mass is 10.1. The number of hydrogen-bond acceptors (Lipinski definition) is 4. The van der Waals surface area contributed by atoms with Gasteiger partial charge in [-0.3, -0.25) is 4.79 Å². The highest BCUT2D eigenvalue weighted by molar-refractivity contribution is 5.94. The van der Waals surface area contributed by atoms with E-state index in [1.807, 2.05) is 13.8 Å². The van der Waals surface area contributed by atoms with Gasteiger partial charge in [0.1, 0.15) is 5.75 Å². The van der Waals surface area contributed by atoms with Crippen LogP contribution >= 0.6 is 0 Å². The topological polar surface area (TPSA) is 59.0 Å². The fourth-order valence-electron chi connectivity index (χ4n) is 2.35. The predicted octanol–water partition coefficient (Wildman–Crippen LogP) is 1.31. The standard InChI is InChI=1S/C15H21NO4/c1-3-19-13-6-4-12(5-7-13)15(18)16-8-11(2)20-14(9-16)10-17/h4-7,11,14,17H,3,8-10H2,1-2H3/t11-,14+/m0/s1. The molecule has 0 bridgehead atoms. The Bertz CT molecular complexity index is 446. The molecule has 0 aromatic heterocycles. The minimum Gasteiger partial charge on any atom is -0.494 e. The van der Waals surface area contributed by atoms with Crippen molar-refractivity contribution in [2.24, 2.45) is 0 Å². The first kappa shape index (κ1) is 14.8. The number of amides is 1. The van der Waals surface area contributed by atoms with Crippen molar-refractivity contribution >= 4 is 5.91 Å². The molecule has 2 atom stereocenters. The third-order valence-corrected chi connectivity index (χ3v) is 3.23. The Morgan fingerprint density at radius 1 is 1.40 bits per heavy atom. The highest BCUT2D eigenvalue weighted by Crippen LogP contribution is 2.17. The van der Waals surface area contributed by atoms with Crippen molar-refractivity contribution in [2.75, 3.05) is 26.3 Å². The molecule has 1 aliphatic rings. The number of aliphatic hydroxyl groups excluding tert-OH is 1. The van der Waals surface area contributed by atoms with Crippen molar-refractivity contribution in [3.05, 3.63) is 29.8 Å². The summed E-state index contributed by atoms with van der Waals surface area (Å²) in [7, 11) is 0. The van der Waals surface area contributed by atoms with Crippen LogP contribution in [0, 0.1) is 0 Å². The van der Waals surface area contributed by atoms with Gasteiger partial charge in [-0.25, -0.2) is 0 Å². The van der Waals surface area contributed by atoms with Crippen molar-refractivity contribution in [3.8, 4) is 5.75 Å². The lowest BCUT2D eigenvalue weighted by Gasteiger charge is -2.36. The first-order valence-electron chi connectivity index (χ1n) is 6.92. The van der Waals surface area contributed by atoms with Gasteiger partial charge in [-0.2, -0.15) is 0 Å². The van der Waals surface area contributed by atoms with Crippen molar-refractivity contribution in [3.63, 3.8) is 0 Å². The molecule has 0 radical (unpaired) electrons. The van der Waals surface area contributed by atoms with Crippen molar-refractivity contribution in [1.82, 2.24) is 4.90 Å². The van der Waals surface area contributed by atoms with Gasteiger partial charge < -0.3 is 19.5 Å². The molecule has 5 nitrogen and oxygen atoms in total. The number of benzene rings is 1. The third kappa shape index (κ3) is 3.49. The molecule has 1 aliphatic heterocycles. The molecule has 1 heterocycles. The summed E-state index contributed by atoms with van der Waals surface area (Å²) < 4.78 is 10.9. The van der Waals surface area contributed by atoms with E-state index in [0.29, 0.717) is 25.3 Å². The van der Waals surface area contributed by atoms with Gasteiger partial charge in [0.15, 0.2) is 0 Å². The summed E-state index contributed by atoms with van der Waals surface area (Å²) in [5.74, 6) is 0.717. The normalized spacial score (nSPS) is 22.6. The molecular weight excluding hydrogens is 258 g/mol. The van der Waals surface area contributed by atoms with Crippen molar-refractivity contribution < 1.29 is 19.4 Å². The number of aliphatic hydroxyl groups is 1. The third-order valence-electron chi connectivity index (χ3n) is 3.23.